The molecule has 5 aromatic rings. The first-order chi connectivity index (χ1) is 35.2. The van der Waals surface area contributed by atoms with Crippen LogP contribution in [-0.4, -0.2) is 136 Å². The zero-order valence-electron chi connectivity index (χ0n) is 38.7. The first kappa shape index (κ1) is 53.9. The first-order valence-electron chi connectivity index (χ1n) is 22.4. The molecule has 2 aromatic carbocycles. The van der Waals surface area contributed by atoms with Crippen LogP contribution in [0.15, 0.2) is 78.2 Å². The van der Waals surface area contributed by atoms with E-state index >= 15 is 0 Å². The van der Waals surface area contributed by atoms with Gasteiger partial charge in [0.05, 0.1) is 26.0 Å². The van der Waals surface area contributed by atoms with Crippen molar-refractivity contribution < 1.29 is 89.7 Å². The van der Waals surface area contributed by atoms with E-state index in [1.54, 1.807) is 24.3 Å². The van der Waals surface area contributed by atoms with Crippen LogP contribution in [0.3, 0.4) is 0 Å². The van der Waals surface area contributed by atoms with Gasteiger partial charge in [0.25, 0.3) is 0 Å². The summed E-state index contributed by atoms with van der Waals surface area (Å²) in [4.78, 5) is 98.2. The number of aromatic nitrogens is 6. The fraction of sp³-hybridized carbons (Fsp3) is 0.429. The fourth-order valence-corrected chi connectivity index (χ4v) is 9.24. The summed E-state index contributed by atoms with van der Waals surface area (Å²) in [6.07, 6.45) is -10.9. The number of nitrogens with two attached hydrogens (primary N) is 2. The second-order valence-corrected chi connectivity index (χ2v) is 19.4. The number of nitrogen functional groups attached to an aromatic ring is 2. The number of carbonyl (C=O) groups excluding carboxylic acids is 3. The summed E-state index contributed by atoms with van der Waals surface area (Å²) in [6, 6.07) is 11.6. The zero-order chi connectivity index (χ0) is 52.9. The average Bonchev–Trinajstić information content (AvgIpc) is 4.15. The molecule has 29 nitrogen and oxygen atoms in total. The van der Waals surface area contributed by atoms with Gasteiger partial charge in [-0.15, -0.1) is 0 Å². The third kappa shape index (κ3) is 13.5. The number of nitrogens with one attached hydrogen (secondary N) is 2. The second-order valence-electron chi connectivity index (χ2n) is 16.8. The van der Waals surface area contributed by atoms with Crippen LogP contribution in [0, 0.1) is 5.82 Å². The van der Waals surface area contributed by atoms with Gasteiger partial charge < -0.3 is 70.3 Å². The first-order valence-corrected chi connectivity index (χ1v) is 25.4. The number of halogens is 1. The molecule has 74 heavy (non-hydrogen) atoms. The Hall–Kier alpha value is -6.37. The summed E-state index contributed by atoms with van der Waals surface area (Å²) in [7, 11) is -10.7. The molecule has 8 rings (SSSR count). The molecule has 6 heterocycles. The number of carbonyl (C=O) groups is 3. The third-order valence-corrected chi connectivity index (χ3v) is 12.9. The molecule has 3 aliphatic heterocycles. The van der Waals surface area contributed by atoms with Gasteiger partial charge in [0.2, 0.25) is 5.91 Å². The Bertz CT molecular complexity index is 2960. The third-order valence-electron chi connectivity index (χ3n) is 11.5. The smallest absolute Gasteiger partial charge is 0.455 e. The van der Waals surface area contributed by atoms with E-state index in [-0.39, 0.29) is 48.3 Å². The summed E-state index contributed by atoms with van der Waals surface area (Å²) < 4.78 is 91.4. The van der Waals surface area contributed by atoms with E-state index in [4.69, 9.17) is 48.9 Å². The van der Waals surface area contributed by atoms with Gasteiger partial charge in [0.15, 0.2) is 36.3 Å². The predicted molar refractivity (Wildman–Crippen MR) is 247 cm³/mol. The molecular formula is C42H49FN10O19P2. The molecule has 3 aliphatic rings. The number of ether oxygens (including phenoxy) is 6. The Kier molecular flexibility index (Phi) is 16.8. The topological polar surface area (TPSA) is 404 Å². The number of hydrogen-bond acceptors (Lipinski definition) is 22. The van der Waals surface area contributed by atoms with Crippen LogP contribution in [0.5, 0.6) is 0 Å². The van der Waals surface area contributed by atoms with Gasteiger partial charge in [-0.05, 0) is 54.8 Å². The number of benzene rings is 2. The van der Waals surface area contributed by atoms with E-state index in [0.717, 1.165) is 10.9 Å². The van der Waals surface area contributed by atoms with Crippen molar-refractivity contribution in [2.75, 3.05) is 36.6 Å². The minimum Gasteiger partial charge on any atom is -0.455 e. The van der Waals surface area contributed by atoms with Crippen molar-refractivity contribution in [2.45, 2.75) is 94.2 Å². The maximum atomic E-state index is 14.0. The number of amides is 2. The Morgan fingerprint density at radius 2 is 1.61 bits per heavy atom. The number of rotatable bonds is 20. The molecule has 3 saturated heterocycles. The van der Waals surface area contributed by atoms with E-state index in [0.29, 0.717) is 29.7 Å². The lowest BCUT2D eigenvalue weighted by molar-refractivity contribution is -0.181. The van der Waals surface area contributed by atoms with Crippen LogP contribution in [0.2, 0.25) is 0 Å². The number of fused-ring (bicyclic) bond motifs is 1. The molecule has 0 bridgehead atoms. The van der Waals surface area contributed by atoms with Gasteiger partial charge in [0, 0.05) is 24.9 Å². The van der Waals surface area contributed by atoms with Gasteiger partial charge >= 0.3 is 33.4 Å². The summed E-state index contributed by atoms with van der Waals surface area (Å²) in [5, 5.41) is 16.7. The van der Waals surface area contributed by atoms with Crippen molar-refractivity contribution in [3.63, 3.8) is 0 Å². The number of nitrogens with zero attached hydrogens (tertiary/aromatic N) is 6. The van der Waals surface area contributed by atoms with Crippen molar-refractivity contribution in [3.8, 4) is 0 Å². The number of aliphatic hydroxyl groups is 1. The van der Waals surface area contributed by atoms with Crippen LogP contribution in [0.1, 0.15) is 43.3 Å². The molecule has 0 saturated carbocycles. The number of phosphoric acid groups is 2. The molecule has 2 unspecified atom stereocenters. The molecule has 3 fully saturated rings. The van der Waals surface area contributed by atoms with Crippen LogP contribution in [-0.2, 0) is 73.7 Å². The number of hydrogen-bond donors (Lipinski definition) is 8. The zero-order valence-corrected chi connectivity index (χ0v) is 40.5. The summed E-state index contributed by atoms with van der Waals surface area (Å²) in [5.41, 5.74) is 12.4. The minimum atomic E-state index is -5.45. The Morgan fingerprint density at radius 3 is 2.31 bits per heavy atom. The highest BCUT2D eigenvalue weighted by Gasteiger charge is 2.54. The SMILES string of the molecule is C[C@H](NC(=O)OCc1ccc(NC(=O)Cc2ccc(F)cc2)cc1)C(=O)O[C@H]1[C@@H](O)[C@H](n2cnc3c(N)ncnc32)O[C@@H]1COP(=O)(O)O[C@H]1[C@@H](OC2CCCO2)[C@H](n2ccc(N)nc2=O)O[C@@H]1COP(=O)(O)O. The van der Waals surface area contributed by atoms with Crippen LogP contribution in [0.25, 0.3) is 11.2 Å². The van der Waals surface area contributed by atoms with Gasteiger partial charge in [-0.3, -0.25) is 27.5 Å². The Labute approximate surface area is 417 Å². The van der Waals surface area contributed by atoms with E-state index in [9.17, 15) is 52.5 Å². The highest BCUT2D eigenvalue weighted by Crippen LogP contribution is 2.51. The van der Waals surface area contributed by atoms with E-state index in [2.05, 4.69) is 35.1 Å². The average molecular weight is 1080 g/mol. The van der Waals surface area contributed by atoms with Crippen molar-refractivity contribution in [2.24, 2.45) is 0 Å². The number of esters is 1. The highest BCUT2D eigenvalue weighted by molar-refractivity contribution is 7.47. The Balaban J connectivity index is 0.944. The normalized spacial score (nSPS) is 25.1. The lowest BCUT2D eigenvalue weighted by Gasteiger charge is -2.29. The lowest BCUT2D eigenvalue weighted by atomic mass is 10.1. The summed E-state index contributed by atoms with van der Waals surface area (Å²) >= 11 is 0. The van der Waals surface area contributed by atoms with Gasteiger partial charge in [-0.25, -0.2) is 42.9 Å². The van der Waals surface area contributed by atoms with Crippen molar-refractivity contribution >= 4 is 62.1 Å². The summed E-state index contributed by atoms with van der Waals surface area (Å²) in [5.74, 6) is -2.11. The molecule has 10 N–H and O–H groups in total. The van der Waals surface area contributed by atoms with Crippen molar-refractivity contribution in [1.29, 1.82) is 0 Å². The van der Waals surface area contributed by atoms with E-state index in [1.807, 2.05) is 0 Å². The van der Waals surface area contributed by atoms with Gasteiger partial charge in [0.1, 0.15) is 66.6 Å². The summed E-state index contributed by atoms with van der Waals surface area (Å²) in [6.45, 7) is -0.726. The lowest BCUT2D eigenvalue weighted by Crippen LogP contribution is -2.45. The minimum absolute atomic E-state index is 0.00633. The number of imidazole rings is 1. The highest BCUT2D eigenvalue weighted by atomic mass is 31.2. The molecule has 0 radical (unpaired) electrons. The maximum Gasteiger partial charge on any atom is 0.472 e. The van der Waals surface area contributed by atoms with E-state index < -0.39 is 114 Å². The molecule has 0 spiro atoms. The fourth-order valence-electron chi connectivity index (χ4n) is 7.94. The van der Waals surface area contributed by atoms with Crippen LogP contribution >= 0.6 is 15.6 Å². The number of phosphoric ester groups is 2. The molecular weight excluding hydrogens is 1030 g/mol. The maximum absolute atomic E-state index is 14.0. The largest absolute Gasteiger partial charge is 0.472 e. The van der Waals surface area contributed by atoms with Crippen molar-refractivity contribution in [1.82, 2.24) is 34.4 Å². The number of anilines is 3. The molecule has 0 aliphatic carbocycles. The molecule has 3 aromatic heterocycles. The molecule has 11 atom stereocenters. The number of aliphatic hydroxyl groups excluding tert-OH is 1. The second kappa shape index (κ2) is 23.0. The standard InChI is InChI=1S/C42H49FN10O19P2/c1-21(49-42(58)65-16-23-6-10-25(11-7-23)50-29(54)15-22-4-8-24(43)9-5-22)40(56)71-33-26(68-38(32(33)55)53-20-48-31-36(45)46-19-47-37(31)53)18-67-74(62,63)72-34-27(17-66-73(59,60)61)69-39(35(34)70-30-3-2-14-64-30)52-13-12-28(44)51-41(52)57/h4-13,19-21,26-27,30,32-35,38-39,55H,2-3,14-18H2,1H3,(H,49,58)(H,50,54)(H,62,63)(H2,44,51,57)(H2,45,46,47)(H2,59,60,61)/t21-,26+,27+,30?,32+,33+,34+,35+,38+,39+/m0/s1. The molecule has 398 valence electrons. The molecule has 2 amide bonds. The van der Waals surface area contributed by atoms with Gasteiger partial charge in [-0.2, -0.15) is 4.98 Å². The van der Waals surface area contributed by atoms with Crippen LogP contribution in [0.4, 0.5) is 26.5 Å². The quantitative estimate of drug-likeness (QED) is 0.0399. The van der Waals surface area contributed by atoms with Crippen LogP contribution < -0.4 is 27.8 Å². The molecule has 32 heteroatoms. The van der Waals surface area contributed by atoms with E-state index in [1.165, 1.54) is 54.3 Å². The Morgan fingerprint density at radius 1 is 0.905 bits per heavy atom. The number of alkyl carbamates (subject to hydrolysis) is 1. The van der Waals surface area contributed by atoms with Crippen molar-refractivity contribution in [3.05, 3.63) is 101 Å². The predicted octanol–water partition coefficient (Wildman–Crippen LogP) is 1.08. The monoisotopic (exact) mass is 1080 g/mol. The van der Waals surface area contributed by atoms with Gasteiger partial charge in [-0.1, -0.05) is 24.3 Å².